The SMILES string of the molecule is O=Cc1ccc(C(=O)OC/C=C/CCOC(=O)c2ccc(C=O)cc2)cc1. The fourth-order valence-corrected chi connectivity index (χ4v) is 2.09. The number of benzene rings is 2. The van der Waals surface area contributed by atoms with Crippen molar-refractivity contribution in [2.75, 3.05) is 13.2 Å². The van der Waals surface area contributed by atoms with Crippen LogP contribution in [0.5, 0.6) is 0 Å². The molecule has 0 atom stereocenters. The minimum atomic E-state index is -0.484. The lowest BCUT2D eigenvalue weighted by Crippen LogP contribution is -2.06. The molecule has 0 fully saturated rings. The predicted molar refractivity (Wildman–Crippen MR) is 98.0 cm³/mol. The molecule has 27 heavy (non-hydrogen) atoms. The Labute approximate surface area is 156 Å². The third-order valence-corrected chi connectivity index (χ3v) is 3.56. The van der Waals surface area contributed by atoms with E-state index in [2.05, 4.69) is 0 Å². The molecular formula is C21H18O6. The van der Waals surface area contributed by atoms with Gasteiger partial charge in [0.1, 0.15) is 19.2 Å². The number of aldehydes is 2. The van der Waals surface area contributed by atoms with Crippen molar-refractivity contribution >= 4 is 24.5 Å². The average molecular weight is 366 g/mol. The fourth-order valence-electron chi connectivity index (χ4n) is 2.09. The molecule has 0 saturated carbocycles. The zero-order valence-electron chi connectivity index (χ0n) is 14.5. The van der Waals surface area contributed by atoms with Crippen LogP contribution in [0.4, 0.5) is 0 Å². The molecule has 0 radical (unpaired) electrons. The van der Waals surface area contributed by atoms with Gasteiger partial charge in [-0.3, -0.25) is 9.59 Å². The molecule has 0 aliphatic carbocycles. The number of carbonyl (C=O) groups excluding carboxylic acids is 4. The molecule has 0 heterocycles. The van der Waals surface area contributed by atoms with Gasteiger partial charge >= 0.3 is 11.9 Å². The Morgan fingerprint density at radius 2 is 1.19 bits per heavy atom. The summed E-state index contributed by atoms with van der Waals surface area (Å²) in [7, 11) is 0. The highest BCUT2D eigenvalue weighted by atomic mass is 16.5. The molecule has 0 saturated heterocycles. The van der Waals surface area contributed by atoms with Crippen molar-refractivity contribution in [2.45, 2.75) is 6.42 Å². The van der Waals surface area contributed by atoms with Crippen LogP contribution in [-0.4, -0.2) is 37.7 Å². The molecule has 0 bridgehead atoms. The van der Waals surface area contributed by atoms with E-state index in [1.807, 2.05) is 0 Å². The summed E-state index contributed by atoms with van der Waals surface area (Å²) in [5.74, 6) is -0.951. The van der Waals surface area contributed by atoms with Gasteiger partial charge in [-0.1, -0.05) is 36.4 Å². The lowest BCUT2D eigenvalue weighted by atomic mass is 10.1. The van der Waals surface area contributed by atoms with Crippen LogP contribution in [-0.2, 0) is 9.47 Å². The average Bonchev–Trinajstić information content (AvgIpc) is 2.72. The number of carbonyl (C=O) groups is 4. The minimum Gasteiger partial charge on any atom is -0.462 e. The van der Waals surface area contributed by atoms with Crippen molar-refractivity contribution in [2.24, 2.45) is 0 Å². The highest BCUT2D eigenvalue weighted by Crippen LogP contribution is 2.06. The van der Waals surface area contributed by atoms with Crippen molar-refractivity contribution in [3.63, 3.8) is 0 Å². The van der Waals surface area contributed by atoms with E-state index in [1.165, 1.54) is 24.3 Å². The van der Waals surface area contributed by atoms with Crippen molar-refractivity contribution in [3.05, 3.63) is 82.9 Å². The first-order chi connectivity index (χ1) is 13.1. The second-order valence-electron chi connectivity index (χ2n) is 5.47. The Morgan fingerprint density at radius 3 is 1.67 bits per heavy atom. The van der Waals surface area contributed by atoms with Gasteiger partial charge in [-0.15, -0.1) is 0 Å². The first-order valence-corrected chi connectivity index (χ1v) is 8.24. The van der Waals surface area contributed by atoms with Gasteiger partial charge in [0.2, 0.25) is 0 Å². The van der Waals surface area contributed by atoms with Crippen LogP contribution in [0, 0.1) is 0 Å². The predicted octanol–water partition coefficient (Wildman–Crippen LogP) is 3.27. The van der Waals surface area contributed by atoms with E-state index >= 15 is 0 Å². The second kappa shape index (κ2) is 10.5. The van der Waals surface area contributed by atoms with Crippen LogP contribution in [0.15, 0.2) is 60.7 Å². The molecule has 6 heteroatoms. The van der Waals surface area contributed by atoms with Crippen LogP contribution in [0.25, 0.3) is 0 Å². The quantitative estimate of drug-likeness (QED) is 0.293. The van der Waals surface area contributed by atoms with Gasteiger partial charge in [0.25, 0.3) is 0 Å². The van der Waals surface area contributed by atoms with Crippen molar-refractivity contribution < 1.29 is 28.7 Å². The molecule has 0 unspecified atom stereocenters. The van der Waals surface area contributed by atoms with E-state index in [0.717, 1.165) is 0 Å². The molecule has 0 amide bonds. The van der Waals surface area contributed by atoms with Gasteiger partial charge in [-0.2, -0.15) is 0 Å². The maximum absolute atomic E-state index is 11.8. The van der Waals surface area contributed by atoms with Gasteiger partial charge in [-0.05, 0) is 30.7 Å². The molecule has 0 N–H and O–H groups in total. The van der Waals surface area contributed by atoms with Gasteiger partial charge in [0, 0.05) is 11.1 Å². The summed E-state index contributed by atoms with van der Waals surface area (Å²) in [5.41, 5.74) is 1.71. The number of hydrogen-bond donors (Lipinski definition) is 0. The highest BCUT2D eigenvalue weighted by molar-refractivity contribution is 5.91. The Hall–Kier alpha value is -3.54. The summed E-state index contributed by atoms with van der Waals surface area (Å²) in [6, 6.07) is 12.3. The van der Waals surface area contributed by atoms with E-state index in [-0.39, 0.29) is 13.2 Å². The van der Waals surface area contributed by atoms with E-state index < -0.39 is 11.9 Å². The zero-order valence-corrected chi connectivity index (χ0v) is 14.5. The largest absolute Gasteiger partial charge is 0.462 e. The Balaban J connectivity index is 1.65. The van der Waals surface area contributed by atoms with Crippen LogP contribution >= 0.6 is 0 Å². The normalized spacial score (nSPS) is 10.4. The van der Waals surface area contributed by atoms with E-state index in [0.29, 0.717) is 41.2 Å². The molecule has 0 spiro atoms. The molecule has 2 aromatic carbocycles. The Bertz CT molecular complexity index is 819. The van der Waals surface area contributed by atoms with Crippen LogP contribution in [0.1, 0.15) is 47.9 Å². The number of ether oxygens (including phenoxy) is 2. The lowest BCUT2D eigenvalue weighted by Gasteiger charge is -2.03. The molecule has 0 aromatic heterocycles. The first kappa shape index (κ1) is 19.8. The van der Waals surface area contributed by atoms with Crippen molar-refractivity contribution in [1.29, 1.82) is 0 Å². The standard InChI is InChI=1S/C21H18O6/c22-14-16-4-8-18(9-5-16)20(24)26-12-2-1-3-13-27-21(25)19-10-6-17(15-23)7-11-19/h1-2,4-11,14-15H,3,12-13H2/b2-1+. The summed E-state index contributed by atoms with van der Waals surface area (Å²) in [5, 5.41) is 0. The molecule has 138 valence electrons. The number of esters is 2. The highest BCUT2D eigenvalue weighted by Gasteiger charge is 2.07. The first-order valence-electron chi connectivity index (χ1n) is 8.24. The van der Waals surface area contributed by atoms with Crippen LogP contribution in [0.3, 0.4) is 0 Å². The third-order valence-electron chi connectivity index (χ3n) is 3.56. The summed E-state index contributed by atoms with van der Waals surface area (Å²) in [6.07, 6.45) is 5.28. The minimum absolute atomic E-state index is 0.0926. The molecular weight excluding hydrogens is 348 g/mol. The van der Waals surface area contributed by atoms with Crippen LogP contribution in [0.2, 0.25) is 0 Å². The second-order valence-corrected chi connectivity index (χ2v) is 5.47. The van der Waals surface area contributed by atoms with E-state index in [1.54, 1.807) is 36.4 Å². The monoisotopic (exact) mass is 366 g/mol. The molecule has 2 rings (SSSR count). The smallest absolute Gasteiger partial charge is 0.338 e. The number of hydrogen-bond acceptors (Lipinski definition) is 6. The number of rotatable bonds is 9. The Kier molecular flexibility index (Phi) is 7.66. The molecule has 2 aromatic rings. The van der Waals surface area contributed by atoms with Gasteiger partial charge in [0.05, 0.1) is 17.7 Å². The zero-order chi connectivity index (χ0) is 19.5. The van der Waals surface area contributed by atoms with E-state index in [9.17, 15) is 19.2 Å². The molecule has 0 aliphatic rings. The summed E-state index contributed by atoms with van der Waals surface area (Å²) in [4.78, 5) is 44.7. The topological polar surface area (TPSA) is 86.7 Å². The van der Waals surface area contributed by atoms with Gasteiger partial charge < -0.3 is 9.47 Å². The van der Waals surface area contributed by atoms with Crippen LogP contribution < -0.4 is 0 Å². The van der Waals surface area contributed by atoms with Crippen molar-refractivity contribution in [3.8, 4) is 0 Å². The summed E-state index contributed by atoms with van der Waals surface area (Å²) >= 11 is 0. The fraction of sp³-hybridized carbons (Fsp3) is 0.143. The molecule has 0 aliphatic heterocycles. The maximum Gasteiger partial charge on any atom is 0.338 e. The lowest BCUT2D eigenvalue weighted by molar-refractivity contribution is 0.0511. The van der Waals surface area contributed by atoms with Gasteiger partial charge in [-0.25, -0.2) is 9.59 Å². The van der Waals surface area contributed by atoms with Crippen molar-refractivity contribution in [1.82, 2.24) is 0 Å². The summed E-state index contributed by atoms with van der Waals surface area (Å²) < 4.78 is 10.2. The van der Waals surface area contributed by atoms with Gasteiger partial charge in [0.15, 0.2) is 0 Å². The van der Waals surface area contributed by atoms with E-state index in [4.69, 9.17) is 9.47 Å². The molecule has 6 nitrogen and oxygen atoms in total. The Morgan fingerprint density at radius 1 is 0.704 bits per heavy atom. The summed E-state index contributed by atoms with van der Waals surface area (Å²) in [6.45, 7) is 0.279. The maximum atomic E-state index is 11.8. The third kappa shape index (κ3) is 6.36.